The van der Waals surface area contributed by atoms with Crippen LogP contribution in [0.5, 0.6) is 0 Å². The van der Waals surface area contributed by atoms with E-state index in [9.17, 15) is 0 Å². The van der Waals surface area contributed by atoms with Crippen LogP contribution in [0.4, 0.5) is 11.4 Å². The van der Waals surface area contributed by atoms with Crippen molar-refractivity contribution in [1.29, 1.82) is 0 Å². The first-order valence-electron chi connectivity index (χ1n) is 17.4. The molecule has 0 atom stereocenters. The zero-order chi connectivity index (χ0) is 33.6. The summed E-state index contributed by atoms with van der Waals surface area (Å²) in [6, 6.07) is 26.7. The minimum absolute atomic E-state index is 0.114. The molecule has 1 N–H and O–H groups in total. The monoisotopic (exact) mass is 630 g/mol. The third-order valence-corrected chi connectivity index (χ3v) is 10.8. The minimum atomic E-state index is -0.114. The van der Waals surface area contributed by atoms with Crippen molar-refractivity contribution in [3.8, 4) is 0 Å². The highest BCUT2D eigenvalue weighted by molar-refractivity contribution is 6.07. The number of nitrogens with zero attached hydrogens (tertiary/aromatic N) is 2. The zero-order valence-corrected chi connectivity index (χ0v) is 29.6. The predicted molar refractivity (Wildman–Crippen MR) is 206 cm³/mol. The summed E-state index contributed by atoms with van der Waals surface area (Å²) in [5.74, 6) is 0. The summed E-state index contributed by atoms with van der Waals surface area (Å²) in [4.78, 5) is 2.39. The van der Waals surface area contributed by atoms with E-state index in [1.165, 1.54) is 72.3 Å². The van der Waals surface area contributed by atoms with Gasteiger partial charge in [0.2, 0.25) is 5.69 Å². The Labute approximate surface area is 286 Å². The maximum Gasteiger partial charge on any atom is 0.210 e. The lowest BCUT2D eigenvalue weighted by Gasteiger charge is -2.25. The molecular formula is C45H48N3+. The molecule has 0 aromatic heterocycles. The average molecular weight is 631 g/mol. The van der Waals surface area contributed by atoms with E-state index in [0.29, 0.717) is 0 Å². The topological polar surface area (TPSA) is 18.3 Å². The van der Waals surface area contributed by atoms with Crippen molar-refractivity contribution in [3.63, 3.8) is 0 Å². The van der Waals surface area contributed by atoms with Gasteiger partial charge in [0, 0.05) is 53.4 Å². The summed E-state index contributed by atoms with van der Waals surface area (Å²) < 4.78 is 2.39. The smallest absolute Gasteiger partial charge is 0.210 e. The highest BCUT2D eigenvalue weighted by Gasteiger charge is 2.44. The van der Waals surface area contributed by atoms with Gasteiger partial charge < -0.3 is 10.2 Å². The first-order chi connectivity index (χ1) is 23.1. The van der Waals surface area contributed by atoms with Gasteiger partial charge in [0.15, 0.2) is 5.71 Å². The third-order valence-electron chi connectivity index (χ3n) is 10.8. The summed E-state index contributed by atoms with van der Waals surface area (Å²) in [5.41, 5.74) is 11.8. The summed E-state index contributed by atoms with van der Waals surface area (Å²) in [6.45, 7) is 11.5. The number of hydrogen-bond acceptors (Lipinski definition) is 2. The number of likely N-dealkylation sites (N-methyl/N-ethyl adjacent to an activating group) is 1. The normalized spacial score (nSPS) is 20.5. The fourth-order valence-corrected chi connectivity index (χ4v) is 8.49. The van der Waals surface area contributed by atoms with Crippen molar-refractivity contribution in [1.82, 2.24) is 5.32 Å². The highest BCUT2D eigenvalue weighted by atomic mass is 15.2. The molecule has 0 spiro atoms. The van der Waals surface area contributed by atoms with Crippen LogP contribution in [0.25, 0.3) is 21.5 Å². The molecule has 2 heterocycles. The summed E-state index contributed by atoms with van der Waals surface area (Å²) >= 11 is 0. The Morgan fingerprint density at radius 1 is 0.750 bits per heavy atom. The van der Waals surface area contributed by atoms with E-state index < -0.39 is 0 Å². The Balaban J connectivity index is 1.28. The number of hydrogen-bond donors (Lipinski definition) is 1. The molecule has 242 valence electrons. The standard InChI is InChI=1S/C45H47N3/c1-8-9-14-30-46-43-33(24-28-39-44(2,3)41-35-20-12-10-16-31(35)22-26-37(41)47(39)6)18-15-19-34(43)25-29-40-45(4,5)42-36-21-13-11-17-32(36)23-27-38(42)48(40)7/h8-14,16-17,20-30H,15,18-19H2,1-7H3/p+1/b9-8-,30-14-,33-24+,39-28+. The van der Waals surface area contributed by atoms with Gasteiger partial charge >= 0.3 is 0 Å². The van der Waals surface area contributed by atoms with E-state index in [0.717, 1.165) is 19.3 Å². The van der Waals surface area contributed by atoms with Crippen molar-refractivity contribution in [2.24, 2.45) is 0 Å². The SMILES string of the molecule is C/C=C\C=C/NC1=C(/C=C/C2=[N+](C)c3ccc4ccccc4c3C2(C)C)CCC/C1=C\C=C1\N(C)c2ccc3ccccc3c2C1(C)C. The molecular weight excluding hydrogens is 583 g/mol. The molecule has 0 saturated carbocycles. The maximum atomic E-state index is 3.72. The second kappa shape index (κ2) is 12.3. The molecule has 0 saturated heterocycles. The molecule has 1 aliphatic carbocycles. The molecule has 0 amide bonds. The molecule has 4 aromatic rings. The van der Waals surface area contributed by atoms with Crippen LogP contribution in [0, 0.1) is 0 Å². The van der Waals surface area contributed by atoms with Crippen molar-refractivity contribution >= 4 is 38.6 Å². The van der Waals surface area contributed by atoms with E-state index in [1.807, 2.05) is 0 Å². The fourth-order valence-electron chi connectivity index (χ4n) is 8.49. The molecule has 2 aliphatic heterocycles. The molecule has 0 bridgehead atoms. The number of anilines is 1. The lowest BCUT2D eigenvalue weighted by molar-refractivity contribution is -0.401. The van der Waals surface area contributed by atoms with E-state index in [4.69, 9.17) is 0 Å². The Hall–Kier alpha value is -4.89. The number of nitrogens with one attached hydrogen (secondary N) is 1. The Morgan fingerprint density at radius 2 is 1.44 bits per heavy atom. The van der Waals surface area contributed by atoms with Gasteiger partial charge in [0.05, 0.1) is 5.41 Å². The van der Waals surface area contributed by atoms with Crippen molar-refractivity contribution in [2.75, 3.05) is 19.0 Å². The molecule has 3 aliphatic rings. The van der Waals surface area contributed by atoms with Gasteiger partial charge in [-0.2, -0.15) is 4.58 Å². The summed E-state index contributed by atoms with van der Waals surface area (Å²) in [7, 11) is 4.43. The lowest BCUT2D eigenvalue weighted by Crippen LogP contribution is -2.27. The van der Waals surface area contributed by atoms with Gasteiger partial charge in [-0.25, -0.2) is 0 Å². The predicted octanol–water partition coefficient (Wildman–Crippen LogP) is 10.9. The van der Waals surface area contributed by atoms with Gasteiger partial charge in [-0.3, -0.25) is 0 Å². The number of benzene rings is 4. The van der Waals surface area contributed by atoms with Crippen LogP contribution in [-0.2, 0) is 10.8 Å². The van der Waals surface area contributed by atoms with Gasteiger partial charge in [-0.05, 0) is 103 Å². The maximum absolute atomic E-state index is 3.72. The van der Waals surface area contributed by atoms with Crippen LogP contribution < -0.4 is 10.2 Å². The Kier molecular flexibility index (Phi) is 8.11. The van der Waals surface area contributed by atoms with Crippen LogP contribution in [0.3, 0.4) is 0 Å². The van der Waals surface area contributed by atoms with Gasteiger partial charge in [-0.1, -0.05) is 92.7 Å². The summed E-state index contributed by atoms with van der Waals surface area (Å²) in [5, 5.41) is 9.00. The Bertz CT molecular complexity index is 2160. The average Bonchev–Trinajstić information content (AvgIpc) is 3.41. The van der Waals surface area contributed by atoms with E-state index in [-0.39, 0.29) is 10.8 Å². The number of rotatable bonds is 6. The second-order valence-corrected chi connectivity index (χ2v) is 14.5. The molecule has 0 unspecified atom stereocenters. The fraction of sp³-hybridized carbons (Fsp3) is 0.267. The van der Waals surface area contributed by atoms with Crippen LogP contribution in [0.15, 0.2) is 144 Å². The largest absolute Gasteiger partial charge is 0.361 e. The van der Waals surface area contributed by atoms with E-state index in [1.54, 1.807) is 0 Å². The van der Waals surface area contributed by atoms with E-state index in [2.05, 4.69) is 185 Å². The van der Waals surface area contributed by atoms with Crippen LogP contribution in [-0.4, -0.2) is 24.4 Å². The van der Waals surface area contributed by atoms with E-state index >= 15 is 0 Å². The van der Waals surface area contributed by atoms with Gasteiger partial charge in [-0.15, -0.1) is 0 Å². The molecule has 4 aromatic carbocycles. The molecule has 0 radical (unpaired) electrons. The van der Waals surface area contributed by atoms with Gasteiger partial charge in [0.1, 0.15) is 7.05 Å². The number of allylic oxidation sites excluding steroid dienone is 10. The first-order valence-corrected chi connectivity index (χ1v) is 17.4. The minimum Gasteiger partial charge on any atom is -0.361 e. The van der Waals surface area contributed by atoms with Crippen LogP contribution in [0.1, 0.15) is 65.0 Å². The first kappa shape index (κ1) is 31.7. The lowest BCUT2D eigenvalue weighted by atomic mass is 9.78. The van der Waals surface area contributed by atoms with Crippen molar-refractivity contribution in [2.45, 2.75) is 64.7 Å². The van der Waals surface area contributed by atoms with Crippen molar-refractivity contribution in [3.05, 3.63) is 155 Å². The zero-order valence-electron chi connectivity index (χ0n) is 29.6. The summed E-state index contributed by atoms with van der Waals surface area (Å²) in [6.07, 6.45) is 21.0. The van der Waals surface area contributed by atoms with Crippen LogP contribution >= 0.6 is 0 Å². The molecule has 3 nitrogen and oxygen atoms in total. The Morgan fingerprint density at radius 3 is 2.17 bits per heavy atom. The molecule has 48 heavy (non-hydrogen) atoms. The molecule has 3 heteroatoms. The molecule has 7 rings (SSSR count). The second-order valence-electron chi connectivity index (χ2n) is 14.5. The molecule has 0 fully saturated rings. The van der Waals surface area contributed by atoms with Crippen LogP contribution in [0.2, 0.25) is 0 Å². The quantitative estimate of drug-likeness (QED) is 0.169. The van der Waals surface area contributed by atoms with Gasteiger partial charge in [0.25, 0.3) is 0 Å². The third kappa shape index (κ3) is 5.17. The van der Waals surface area contributed by atoms with Crippen molar-refractivity contribution < 1.29 is 4.58 Å². The highest BCUT2D eigenvalue weighted by Crippen LogP contribution is 2.50. The number of fused-ring (bicyclic) bond motifs is 6.